The Morgan fingerprint density at radius 1 is 1.58 bits per heavy atom. The van der Waals surface area contributed by atoms with Gasteiger partial charge in [-0.2, -0.15) is 0 Å². The van der Waals surface area contributed by atoms with E-state index in [0.717, 1.165) is 12.0 Å². The molecule has 0 saturated heterocycles. The van der Waals surface area contributed by atoms with E-state index in [-0.39, 0.29) is 5.91 Å². The molecule has 0 bridgehead atoms. The van der Waals surface area contributed by atoms with Crippen LogP contribution in [0.4, 0.5) is 0 Å². The van der Waals surface area contributed by atoms with Gasteiger partial charge in [-0.05, 0) is 12.0 Å². The second-order valence-electron chi connectivity index (χ2n) is 2.92. The van der Waals surface area contributed by atoms with Gasteiger partial charge in [-0.3, -0.25) is 9.69 Å². The van der Waals surface area contributed by atoms with Crippen LogP contribution in [0, 0.1) is 0 Å². The van der Waals surface area contributed by atoms with E-state index in [0.29, 0.717) is 25.3 Å². The number of amides is 1. The van der Waals surface area contributed by atoms with Crippen molar-refractivity contribution >= 4 is 5.91 Å². The molecule has 4 nitrogen and oxygen atoms in total. The predicted octanol–water partition coefficient (Wildman–Crippen LogP) is -0.242. The van der Waals surface area contributed by atoms with Gasteiger partial charge in [0.15, 0.2) is 0 Å². The maximum atomic E-state index is 11.3. The quantitative estimate of drug-likeness (QED) is 0.612. The Bertz CT molecular complexity index is 222. The second-order valence-corrected chi connectivity index (χ2v) is 2.92. The van der Waals surface area contributed by atoms with Crippen molar-refractivity contribution in [3.8, 4) is 0 Å². The van der Waals surface area contributed by atoms with E-state index in [1.54, 1.807) is 4.90 Å². The number of nitrogens with zero attached hydrogens (tertiary/aromatic N) is 1. The summed E-state index contributed by atoms with van der Waals surface area (Å²) in [6.45, 7) is 3.10. The highest BCUT2D eigenvalue weighted by atomic mass is 16.2. The standard InChI is InChI=1S/C8H15N3O/c1-2-3-11-7(12)4-6(5-9)8(11)10/h2-5,9-10H2,1H3. The maximum absolute atomic E-state index is 11.3. The largest absolute Gasteiger partial charge is 0.385 e. The van der Waals surface area contributed by atoms with Crippen LogP contribution in [-0.2, 0) is 4.79 Å². The van der Waals surface area contributed by atoms with Gasteiger partial charge in [0, 0.05) is 13.1 Å². The molecule has 1 rings (SSSR count). The highest BCUT2D eigenvalue weighted by molar-refractivity contribution is 5.84. The van der Waals surface area contributed by atoms with Gasteiger partial charge in [0.05, 0.1) is 6.42 Å². The Morgan fingerprint density at radius 3 is 2.67 bits per heavy atom. The Labute approximate surface area is 72.2 Å². The molecule has 4 heteroatoms. The van der Waals surface area contributed by atoms with Gasteiger partial charge in [-0.25, -0.2) is 0 Å². The lowest BCUT2D eigenvalue weighted by atomic mass is 10.2. The van der Waals surface area contributed by atoms with Crippen molar-refractivity contribution in [3.05, 3.63) is 11.4 Å². The third kappa shape index (κ3) is 1.43. The molecule has 1 heterocycles. The number of nitrogens with two attached hydrogens (primary N) is 2. The minimum absolute atomic E-state index is 0.0785. The third-order valence-corrected chi connectivity index (χ3v) is 2.01. The van der Waals surface area contributed by atoms with Gasteiger partial charge in [-0.15, -0.1) is 0 Å². The molecule has 0 aromatic rings. The van der Waals surface area contributed by atoms with Crippen molar-refractivity contribution in [2.45, 2.75) is 19.8 Å². The number of carbonyl (C=O) groups is 1. The first kappa shape index (κ1) is 9.06. The number of carbonyl (C=O) groups excluding carboxylic acids is 1. The summed E-state index contributed by atoms with van der Waals surface area (Å²) in [5, 5.41) is 0. The van der Waals surface area contributed by atoms with Crippen molar-refractivity contribution in [1.29, 1.82) is 0 Å². The smallest absolute Gasteiger partial charge is 0.232 e. The van der Waals surface area contributed by atoms with Gasteiger partial charge >= 0.3 is 0 Å². The van der Waals surface area contributed by atoms with Crippen molar-refractivity contribution in [2.24, 2.45) is 11.5 Å². The van der Waals surface area contributed by atoms with Crippen molar-refractivity contribution in [3.63, 3.8) is 0 Å². The van der Waals surface area contributed by atoms with Crippen molar-refractivity contribution in [1.82, 2.24) is 4.90 Å². The Balaban J connectivity index is 2.73. The Morgan fingerprint density at radius 2 is 2.25 bits per heavy atom. The summed E-state index contributed by atoms with van der Waals surface area (Å²) < 4.78 is 0. The molecule has 0 atom stereocenters. The Kier molecular flexibility index (Phi) is 2.70. The fourth-order valence-corrected chi connectivity index (χ4v) is 1.34. The summed E-state index contributed by atoms with van der Waals surface area (Å²) in [6, 6.07) is 0. The summed E-state index contributed by atoms with van der Waals surface area (Å²) in [5.74, 6) is 0.652. The molecule has 68 valence electrons. The lowest BCUT2D eigenvalue weighted by Gasteiger charge is -2.15. The topological polar surface area (TPSA) is 72.3 Å². The van der Waals surface area contributed by atoms with Crippen LogP contribution in [0.15, 0.2) is 11.4 Å². The van der Waals surface area contributed by atoms with E-state index >= 15 is 0 Å². The van der Waals surface area contributed by atoms with E-state index in [1.165, 1.54) is 0 Å². The van der Waals surface area contributed by atoms with Gasteiger partial charge in [0.1, 0.15) is 5.82 Å². The van der Waals surface area contributed by atoms with Crippen molar-refractivity contribution < 1.29 is 4.79 Å². The molecule has 0 radical (unpaired) electrons. The van der Waals surface area contributed by atoms with Gasteiger partial charge < -0.3 is 11.5 Å². The summed E-state index contributed by atoms with van der Waals surface area (Å²) in [7, 11) is 0. The molecule has 4 N–H and O–H groups in total. The minimum atomic E-state index is 0.0785. The fraction of sp³-hybridized carbons (Fsp3) is 0.625. The van der Waals surface area contributed by atoms with E-state index in [4.69, 9.17) is 11.5 Å². The van der Waals surface area contributed by atoms with E-state index in [1.807, 2.05) is 6.92 Å². The summed E-state index contributed by atoms with van der Waals surface area (Å²) >= 11 is 0. The Hall–Kier alpha value is -1.03. The molecule has 12 heavy (non-hydrogen) atoms. The van der Waals surface area contributed by atoms with Crippen LogP contribution in [-0.4, -0.2) is 23.9 Å². The highest BCUT2D eigenvalue weighted by Crippen LogP contribution is 2.19. The zero-order valence-electron chi connectivity index (χ0n) is 7.34. The second kappa shape index (κ2) is 3.58. The average Bonchev–Trinajstić information content (AvgIpc) is 2.32. The maximum Gasteiger partial charge on any atom is 0.232 e. The monoisotopic (exact) mass is 169 g/mol. The van der Waals surface area contributed by atoms with E-state index in [9.17, 15) is 4.79 Å². The summed E-state index contributed by atoms with van der Waals surface area (Å²) in [6.07, 6.45) is 1.33. The van der Waals surface area contributed by atoms with Crippen molar-refractivity contribution in [2.75, 3.05) is 13.1 Å². The lowest BCUT2D eigenvalue weighted by molar-refractivity contribution is -0.127. The molecule has 0 unspecified atom stereocenters. The molecule has 1 amide bonds. The van der Waals surface area contributed by atoms with Crippen LogP contribution in [0.2, 0.25) is 0 Å². The third-order valence-electron chi connectivity index (χ3n) is 2.01. The SMILES string of the molecule is CCCN1C(=O)CC(CN)=C1N. The molecule has 0 saturated carbocycles. The fourth-order valence-electron chi connectivity index (χ4n) is 1.34. The van der Waals surface area contributed by atoms with Crippen LogP contribution in [0.1, 0.15) is 19.8 Å². The van der Waals surface area contributed by atoms with Crippen LogP contribution in [0.3, 0.4) is 0 Å². The van der Waals surface area contributed by atoms with Gasteiger partial charge in [0.25, 0.3) is 0 Å². The van der Waals surface area contributed by atoms with Crippen LogP contribution in [0.5, 0.6) is 0 Å². The first-order valence-corrected chi connectivity index (χ1v) is 4.18. The van der Waals surface area contributed by atoms with Gasteiger partial charge in [0.2, 0.25) is 5.91 Å². The van der Waals surface area contributed by atoms with Crippen LogP contribution >= 0.6 is 0 Å². The molecule has 1 aliphatic heterocycles. The molecular weight excluding hydrogens is 154 g/mol. The molecule has 0 aromatic heterocycles. The van der Waals surface area contributed by atoms with E-state index < -0.39 is 0 Å². The van der Waals surface area contributed by atoms with Crippen LogP contribution < -0.4 is 11.5 Å². The average molecular weight is 169 g/mol. The predicted molar refractivity (Wildman–Crippen MR) is 46.9 cm³/mol. The molecule has 0 spiro atoms. The molecule has 0 aromatic carbocycles. The minimum Gasteiger partial charge on any atom is -0.385 e. The van der Waals surface area contributed by atoms with Crippen LogP contribution in [0.25, 0.3) is 0 Å². The first-order valence-electron chi connectivity index (χ1n) is 4.18. The van der Waals surface area contributed by atoms with Gasteiger partial charge in [-0.1, -0.05) is 6.92 Å². The van der Waals surface area contributed by atoms with E-state index in [2.05, 4.69) is 0 Å². The summed E-state index contributed by atoms with van der Waals surface area (Å²) in [4.78, 5) is 12.9. The normalized spacial score (nSPS) is 17.8. The number of hydrogen-bond donors (Lipinski definition) is 2. The molecule has 1 aliphatic rings. The number of rotatable bonds is 3. The zero-order valence-corrected chi connectivity index (χ0v) is 7.34. The molecule has 0 fully saturated rings. The number of hydrogen-bond acceptors (Lipinski definition) is 3. The first-order chi connectivity index (χ1) is 5.70. The lowest BCUT2D eigenvalue weighted by Crippen LogP contribution is -2.29. The zero-order chi connectivity index (χ0) is 9.14. The highest BCUT2D eigenvalue weighted by Gasteiger charge is 2.26. The summed E-state index contributed by atoms with van der Waals surface area (Å²) in [5.41, 5.74) is 12.0. The molecular formula is C8H15N3O. The molecule has 0 aliphatic carbocycles.